The van der Waals surface area contributed by atoms with Gasteiger partial charge in [-0.15, -0.1) is 0 Å². The van der Waals surface area contributed by atoms with Gasteiger partial charge in [0, 0.05) is 5.92 Å². The molecular weight excluding hydrogens is 324 g/mol. The molecule has 0 fully saturated rings. The van der Waals surface area contributed by atoms with E-state index in [1.165, 1.54) is 0 Å². The predicted octanol–water partition coefficient (Wildman–Crippen LogP) is 2.42. The molecule has 0 saturated carbocycles. The van der Waals surface area contributed by atoms with E-state index < -0.39 is 5.79 Å². The van der Waals surface area contributed by atoms with Crippen LogP contribution in [0.5, 0.6) is 0 Å². The first-order valence-electron chi connectivity index (χ1n) is 8.89. The molecule has 6 heteroatoms. The van der Waals surface area contributed by atoms with Crippen molar-refractivity contribution >= 4 is 11.9 Å². The standard InChI is InChI=1S/C20H26N6/c1-3-17(16-12-8-5-9-13-16)23-19-24-18(21)25-20(22,26-19)14(2)15-10-6-4-7-11-15/h4-14,17H,3,22H2,1-2H3,(H4,21,23,24,25,26)/t14?,17-,20?/m0/s1. The van der Waals surface area contributed by atoms with E-state index in [1.807, 2.05) is 55.5 Å². The van der Waals surface area contributed by atoms with Gasteiger partial charge < -0.3 is 11.1 Å². The molecule has 3 atom stereocenters. The Morgan fingerprint density at radius 3 is 2.19 bits per heavy atom. The zero-order chi connectivity index (χ0) is 18.6. The van der Waals surface area contributed by atoms with Crippen LogP contribution in [0.25, 0.3) is 0 Å². The molecular formula is C20H26N6. The first-order chi connectivity index (χ1) is 12.5. The van der Waals surface area contributed by atoms with Gasteiger partial charge in [0.2, 0.25) is 5.96 Å². The summed E-state index contributed by atoms with van der Waals surface area (Å²) in [5.74, 6) is -0.356. The number of guanidine groups is 2. The van der Waals surface area contributed by atoms with Crippen molar-refractivity contribution in [1.29, 1.82) is 0 Å². The van der Waals surface area contributed by atoms with Gasteiger partial charge in [-0.3, -0.25) is 11.1 Å². The second kappa shape index (κ2) is 7.58. The van der Waals surface area contributed by atoms with E-state index >= 15 is 0 Å². The van der Waals surface area contributed by atoms with Crippen LogP contribution in [0, 0.1) is 0 Å². The van der Waals surface area contributed by atoms with Crippen molar-refractivity contribution in [2.24, 2.45) is 21.5 Å². The van der Waals surface area contributed by atoms with Gasteiger partial charge in [0.25, 0.3) is 0 Å². The number of aliphatic imine (C=N–C) groups is 2. The average molecular weight is 350 g/mol. The molecule has 0 aliphatic carbocycles. The molecule has 0 amide bonds. The van der Waals surface area contributed by atoms with Crippen molar-refractivity contribution in [2.45, 2.75) is 38.0 Å². The number of nitrogens with zero attached hydrogens (tertiary/aromatic N) is 2. The van der Waals surface area contributed by atoms with Crippen molar-refractivity contribution < 1.29 is 0 Å². The molecule has 2 aromatic rings. The number of rotatable bonds is 5. The fraction of sp³-hybridized carbons (Fsp3) is 0.300. The Labute approximate surface area is 154 Å². The van der Waals surface area contributed by atoms with Crippen molar-refractivity contribution in [3.8, 4) is 0 Å². The van der Waals surface area contributed by atoms with Crippen LogP contribution in [0.15, 0.2) is 70.6 Å². The molecule has 0 bridgehead atoms. The normalized spacial score (nSPS) is 23.5. The molecule has 0 aromatic heterocycles. The minimum Gasteiger partial charge on any atom is -0.370 e. The van der Waals surface area contributed by atoms with E-state index in [1.54, 1.807) is 0 Å². The SMILES string of the molecule is CC[C@H](N=C1NC(N)=NC(N)(C(C)c2ccccc2)N1)c1ccccc1. The Morgan fingerprint density at radius 1 is 1.04 bits per heavy atom. The van der Waals surface area contributed by atoms with E-state index in [0.29, 0.717) is 5.96 Å². The quantitative estimate of drug-likeness (QED) is 0.665. The monoisotopic (exact) mass is 350 g/mol. The second-order valence-corrected chi connectivity index (χ2v) is 6.52. The van der Waals surface area contributed by atoms with Crippen LogP contribution in [0.2, 0.25) is 0 Å². The van der Waals surface area contributed by atoms with Crippen LogP contribution in [-0.4, -0.2) is 17.7 Å². The lowest BCUT2D eigenvalue weighted by Crippen LogP contribution is -2.66. The zero-order valence-corrected chi connectivity index (χ0v) is 15.2. The number of nitrogens with two attached hydrogens (primary N) is 2. The van der Waals surface area contributed by atoms with Crippen LogP contribution in [0.3, 0.4) is 0 Å². The van der Waals surface area contributed by atoms with Crippen LogP contribution in [0.1, 0.15) is 43.4 Å². The molecule has 0 radical (unpaired) electrons. The third-order valence-corrected chi connectivity index (χ3v) is 4.69. The first-order valence-corrected chi connectivity index (χ1v) is 8.89. The molecule has 0 spiro atoms. The van der Waals surface area contributed by atoms with Crippen molar-refractivity contribution in [3.05, 3.63) is 71.8 Å². The summed E-state index contributed by atoms with van der Waals surface area (Å²) in [5, 5.41) is 6.24. The first kappa shape index (κ1) is 17.9. The van der Waals surface area contributed by atoms with Gasteiger partial charge in [0.05, 0.1) is 6.04 Å². The molecule has 0 saturated heterocycles. The Kier molecular flexibility index (Phi) is 5.23. The summed E-state index contributed by atoms with van der Waals surface area (Å²) in [5.41, 5.74) is 14.8. The molecule has 2 aromatic carbocycles. The fourth-order valence-corrected chi connectivity index (χ4v) is 3.10. The number of hydrogen-bond donors (Lipinski definition) is 4. The predicted molar refractivity (Wildman–Crippen MR) is 107 cm³/mol. The van der Waals surface area contributed by atoms with Crippen LogP contribution in [-0.2, 0) is 0 Å². The highest BCUT2D eigenvalue weighted by atomic mass is 15.4. The Bertz CT molecular complexity index is 786. The maximum absolute atomic E-state index is 6.57. The third-order valence-electron chi connectivity index (χ3n) is 4.69. The maximum Gasteiger partial charge on any atom is 0.201 e. The van der Waals surface area contributed by atoms with Crippen molar-refractivity contribution in [2.75, 3.05) is 0 Å². The minimum absolute atomic E-state index is 0.00776. The summed E-state index contributed by atoms with van der Waals surface area (Å²) in [7, 11) is 0. The molecule has 26 heavy (non-hydrogen) atoms. The second-order valence-electron chi connectivity index (χ2n) is 6.52. The van der Waals surface area contributed by atoms with Gasteiger partial charge in [-0.2, -0.15) is 0 Å². The van der Waals surface area contributed by atoms with E-state index in [0.717, 1.165) is 17.5 Å². The summed E-state index contributed by atoms with van der Waals surface area (Å²) < 4.78 is 0. The van der Waals surface area contributed by atoms with Crippen LogP contribution >= 0.6 is 0 Å². The molecule has 6 nitrogen and oxygen atoms in total. The largest absolute Gasteiger partial charge is 0.370 e. The highest BCUT2D eigenvalue weighted by Crippen LogP contribution is 2.27. The minimum atomic E-state index is -1.06. The van der Waals surface area contributed by atoms with Gasteiger partial charge in [0.1, 0.15) is 0 Å². The Morgan fingerprint density at radius 2 is 1.62 bits per heavy atom. The van der Waals surface area contributed by atoms with Gasteiger partial charge in [-0.1, -0.05) is 74.5 Å². The summed E-state index contributed by atoms with van der Waals surface area (Å²) in [6.45, 7) is 4.13. The Balaban J connectivity index is 1.88. The molecule has 136 valence electrons. The van der Waals surface area contributed by atoms with E-state index in [2.05, 4.69) is 34.7 Å². The highest BCUT2D eigenvalue weighted by molar-refractivity contribution is 6.00. The number of hydrogen-bond acceptors (Lipinski definition) is 4. The topological polar surface area (TPSA) is 101 Å². The summed E-state index contributed by atoms with van der Waals surface area (Å²) in [6.07, 6.45) is 0.861. The smallest absolute Gasteiger partial charge is 0.201 e. The molecule has 1 heterocycles. The van der Waals surface area contributed by atoms with Crippen molar-refractivity contribution in [1.82, 2.24) is 10.6 Å². The number of benzene rings is 2. The lowest BCUT2D eigenvalue weighted by molar-refractivity contribution is 0.336. The van der Waals surface area contributed by atoms with Gasteiger partial charge in [-0.05, 0) is 17.5 Å². The molecule has 1 aliphatic heterocycles. The van der Waals surface area contributed by atoms with Gasteiger partial charge in [0.15, 0.2) is 11.7 Å². The van der Waals surface area contributed by atoms with Gasteiger partial charge in [-0.25, -0.2) is 9.98 Å². The average Bonchev–Trinajstić information content (AvgIpc) is 2.66. The maximum atomic E-state index is 6.57. The number of nitrogens with one attached hydrogen (secondary N) is 2. The summed E-state index contributed by atoms with van der Waals surface area (Å²) >= 11 is 0. The Hall–Kier alpha value is -2.86. The van der Waals surface area contributed by atoms with E-state index in [4.69, 9.17) is 16.5 Å². The molecule has 3 rings (SSSR count). The molecule has 1 aliphatic rings. The lowest BCUT2D eigenvalue weighted by Gasteiger charge is -2.37. The lowest BCUT2D eigenvalue weighted by atomic mass is 9.94. The van der Waals surface area contributed by atoms with Crippen molar-refractivity contribution in [3.63, 3.8) is 0 Å². The summed E-state index contributed by atoms with van der Waals surface area (Å²) in [6, 6.07) is 20.2. The summed E-state index contributed by atoms with van der Waals surface area (Å²) in [4.78, 5) is 9.22. The molecule has 6 N–H and O–H groups in total. The highest BCUT2D eigenvalue weighted by Gasteiger charge is 2.37. The fourth-order valence-electron chi connectivity index (χ4n) is 3.10. The van der Waals surface area contributed by atoms with Crippen LogP contribution in [0.4, 0.5) is 0 Å². The van der Waals surface area contributed by atoms with E-state index in [9.17, 15) is 0 Å². The third kappa shape index (κ3) is 3.86. The van der Waals surface area contributed by atoms with E-state index in [-0.39, 0.29) is 17.9 Å². The molecule has 2 unspecified atom stereocenters. The zero-order valence-electron chi connectivity index (χ0n) is 15.2. The van der Waals surface area contributed by atoms with Crippen LogP contribution < -0.4 is 22.1 Å². The van der Waals surface area contributed by atoms with Gasteiger partial charge >= 0.3 is 0 Å².